The Hall–Kier alpha value is -2.11. The summed E-state index contributed by atoms with van der Waals surface area (Å²) < 4.78 is 0. The van der Waals surface area contributed by atoms with Crippen molar-refractivity contribution in [2.24, 2.45) is 5.10 Å². The van der Waals surface area contributed by atoms with Crippen molar-refractivity contribution in [3.63, 3.8) is 0 Å². The van der Waals surface area contributed by atoms with E-state index in [9.17, 15) is 25.4 Å². The van der Waals surface area contributed by atoms with E-state index < -0.39 is 35.9 Å². The molecule has 4 atom stereocenters. The van der Waals surface area contributed by atoms with Crippen LogP contribution in [0.25, 0.3) is 0 Å². The molecular weight excluding hydrogens is 298 g/mol. The van der Waals surface area contributed by atoms with Gasteiger partial charge in [0.1, 0.15) is 24.4 Å². The highest BCUT2D eigenvalue weighted by Crippen LogP contribution is 2.15. The van der Waals surface area contributed by atoms with E-state index in [0.717, 1.165) is 6.21 Å². The summed E-state index contributed by atoms with van der Waals surface area (Å²) in [5.41, 5.74) is 2.77. The van der Waals surface area contributed by atoms with Gasteiger partial charge >= 0.3 is 0 Å². The molecule has 0 aliphatic heterocycles. The van der Waals surface area contributed by atoms with Crippen LogP contribution < -0.4 is 5.43 Å². The van der Waals surface area contributed by atoms with Crippen LogP contribution in [-0.4, -0.2) is 67.7 Å². The van der Waals surface area contributed by atoms with Gasteiger partial charge in [-0.1, -0.05) is 0 Å². The molecule has 22 heavy (non-hydrogen) atoms. The van der Waals surface area contributed by atoms with Gasteiger partial charge in [0, 0.05) is 12.1 Å². The van der Waals surface area contributed by atoms with Crippen molar-refractivity contribution >= 4 is 17.6 Å². The van der Waals surface area contributed by atoms with Crippen LogP contribution in [0.4, 0.5) is 11.4 Å². The van der Waals surface area contributed by atoms with Gasteiger partial charge < -0.3 is 25.5 Å². The Morgan fingerprint density at radius 2 is 1.77 bits per heavy atom. The molecule has 0 saturated carbocycles. The number of non-ortho nitro benzene ring substituents is 1. The number of aliphatic hydroxyl groups is 5. The van der Waals surface area contributed by atoms with Crippen LogP contribution in [0.15, 0.2) is 29.4 Å². The van der Waals surface area contributed by atoms with Crippen LogP contribution in [0, 0.1) is 10.1 Å². The molecule has 1 rings (SSSR count). The Morgan fingerprint density at radius 3 is 2.27 bits per heavy atom. The lowest BCUT2D eigenvalue weighted by molar-refractivity contribution is -0.384. The summed E-state index contributed by atoms with van der Waals surface area (Å²) in [6.45, 7) is -0.775. The van der Waals surface area contributed by atoms with E-state index in [1.165, 1.54) is 24.3 Å². The largest absolute Gasteiger partial charge is 0.394 e. The fourth-order valence-corrected chi connectivity index (χ4v) is 1.47. The lowest BCUT2D eigenvalue weighted by Crippen LogP contribution is -2.46. The van der Waals surface area contributed by atoms with Gasteiger partial charge in [-0.2, -0.15) is 5.10 Å². The van der Waals surface area contributed by atoms with Crippen molar-refractivity contribution < 1.29 is 30.5 Å². The smallest absolute Gasteiger partial charge is 0.269 e. The quantitative estimate of drug-likeness (QED) is 0.190. The molecule has 0 aliphatic rings. The summed E-state index contributed by atoms with van der Waals surface area (Å²) in [6.07, 6.45) is -5.81. The fraction of sp³-hybridized carbons (Fsp3) is 0.417. The van der Waals surface area contributed by atoms with Crippen LogP contribution in [0.1, 0.15) is 0 Å². The number of nitrogens with zero attached hydrogens (tertiary/aromatic N) is 2. The number of rotatable bonds is 8. The molecule has 0 amide bonds. The fourth-order valence-electron chi connectivity index (χ4n) is 1.47. The van der Waals surface area contributed by atoms with Crippen LogP contribution in [0.5, 0.6) is 0 Å². The van der Waals surface area contributed by atoms with Gasteiger partial charge in [0.15, 0.2) is 0 Å². The number of aliphatic hydroxyl groups excluding tert-OH is 5. The second-order valence-electron chi connectivity index (χ2n) is 4.42. The van der Waals surface area contributed by atoms with Crippen LogP contribution in [0.3, 0.4) is 0 Å². The maximum absolute atomic E-state index is 10.5. The van der Waals surface area contributed by atoms with Crippen molar-refractivity contribution in [3.05, 3.63) is 34.4 Å². The number of hydrazone groups is 1. The van der Waals surface area contributed by atoms with Gasteiger partial charge in [0.2, 0.25) is 0 Å². The second-order valence-corrected chi connectivity index (χ2v) is 4.42. The van der Waals surface area contributed by atoms with E-state index in [1.54, 1.807) is 0 Å². The molecule has 0 fully saturated rings. The number of anilines is 1. The molecule has 0 saturated heterocycles. The van der Waals surface area contributed by atoms with Gasteiger partial charge in [-0.3, -0.25) is 15.5 Å². The molecule has 1 aromatic carbocycles. The third-order valence-corrected chi connectivity index (χ3v) is 2.78. The molecule has 1 aromatic rings. The number of hydrogen-bond acceptors (Lipinski definition) is 9. The highest BCUT2D eigenvalue weighted by atomic mass is 16.6. The summed E-state index contributed by atoms with van der Waals surface area (Å²) >= 11 is 0. The average molecular weight is 315 g/mol. The summed E-state index contributed by atoms with van der Waals surface area (Å²) in [5.74, 6) is 0. The predicted octanol–water partition coefficient (Wildman–Crippen LogP) is -1.57. The molecule has 0 unspecified atom stereocenters. The Labute approximate surface area is 125 Å². The van der Waals surface area contributed by atoms with Crippen LogP contribution >= 0.6 is 0 Å². The predicted molar refractivity (Wildman–Crippen MR) is 76.3 cm³/mol. The molecule has 0 aliphatic carbocycles. The normalized spacial score (nSPS) is 17.0. The Balaban J connectivity index is 2.55. The molecule has 122 valence electrons. The minimum atomic E-state index is -1.75. The van der Waals surface area contributed by atoms with Gasteiger partial charge in [0.05, 0.1) is 23.4 Å². The highest BCUT2D eigenvalue weighted by molar-refractivity contribution is 5.65. The summed E-state index contributed by atoms with van der Waals surface area (Å²) in [4.78, 5) is 9.91. The first-order valence-electron chi connectivity index (χ1n) is 6.23. The van der Waals surface area contributed by atoms with E-state index in [0.29, 0.717) is 5.69 Å². The SMILES string of the molecule is O=[N+]([O-])c1ccc(N/N=C/[C@@H](O)[C@@H](O)[C@H](O)[C@H](O)CO)cc1. The molecular formula is C12H17N3O7. The van der Waals surface area contributed by atoms with Crippen molar-refractivity contribution in [2.75, 3.05) is 12.0 Å². The third-order valence-electron chi connectivity index (χ3n) is 2.78. The van der Waals surface area contributed by atoms with Gasteiger partial charge in [-0.15, -0.1) is 0 Å². The number of hydrogen-bond donors (Lipinski definition) is 6. The zero-order valence-electron chi connectivity index (χ0n) is 11.4. The second kappa shape index (κ2) is 8.36. The van der Waals surface area contributed by atoms with Gasteiger partial charge in [0.25, 0.3) is 5.69 Å². The van der Waals surface area contributed by atoms with Crippen molar-refractivity contribution in [1.82, 2.24) is 0 Å². The van der Waals surface area contributed by atoms with Crippen molar-refractivity contribution in [3.8, 4) is 0 Å². The summed E-state index contributed by atoms with van der Waals surface area (Å²) in [6, 6.07) is 5.29. The molecule has 0 radical (unpaired) electrons. The maximum atomic E-state index is 10.5. The highest BCUT2D eigenvalue weighted by Gasteiger charge is 2.29. The van der Waals surface area contributed by atoms with Gasteiger partial charge in [-0.05, 0) is 12.1 Å². The van der Waals surface area contributed by atoms with Gasteiger partial charge in [-0.25, -0.2) is 0 Å². The number of nitro groups is 1. The Bertz CT molecular complexity index is 508. The monoisotopic (exact) mass is 315 g/mol. The molecule has 0 spiro atoms. The minimum Gasteiger partial charge on any atom is -0.394 e. The number of nitrogens with one attached hydrogen (secondary N) is 1. The lowest BCUT2D eigenvalue weighted by Gasteiger charge is -2.23. The summed E-state index contributed by atoms with van der Waals surface area (Å²) in [7, 11) is 0. The first-order chi connectivity index (χ1) is 10.4. The lowest BCUT2D eigenvalue weighted by atomic mass is 10.0. The molecule has 0 bridgehead atoms. The minimum absolute atomic E-state index is 0.0916. The van der Waals surface area contributed by atoms with Crippen LogP contribution in [-0.2, 0) is 0 Å². The number of nitro benzene ring substituents is 1. The van der Waals surface area contributed by atoms with E-state index in [2.05, 4.69) is 10.5 Å². The third kappa shape index (κ3) is 5.02. The zero-order valence-corrected chi connectivity index (χ0v) is 11.4. The van der Waals surface area contributed by atoms with Crippen LogP contribution in [0.2, 0.25) is 0 Å². The molecule has 0 aromatic heterocycles. The maximum Gasteiger partial charge on any atom is 0.269 e. The first-order valence-corrected chi connectivity index (χ1v) is 6.23. The van der Waals surface area contributed by atoms with E-state index in [-0.39, 0.29) is 5.69 Å². The Morgan fingerprint density at radius 1 is 1.18 bits per heavy atom. The van der Waals surface area contributed by atoms with Crippen molar-refractivity contribution in [2.45, 2.75) is 24.4 Å². The topological polar surface area (TPSA) is 169 Å². The van der Waals surface area contributed by atoms with E-state index >= 15 is 0 Å². The molecule has 6 N–H and O–H groups in total. The molecule has 0 heterocycles. The summed E-state index contributed by atoms with van der Waals surface area (Å²) in [5, 5.41) is 60.3. The zero-order chi connectivity index (χ0) is 16.7. The molecule has 10 heteroatoms. The number of benzene rings is 1. The first kappa shape index (κ1) is 17.9. The van der Waals surface area contributed by atoms with E-state index in [1.807, 2.05) is 0 Å². The average Bonchev–Trinajstić information content (AvgIpc) is 2.52. The van der Waals surface area contributed by atoms with Crippen molar-refractivity contribution in [1.29, 1.82) is 0 Å². The van der Waals surface area contributed by atoms with E-state index in [4.69, 9.17) is 10.2 Å². The Kier molecular flexibility index (Phi) is 6.82. The standard InChI is InChI=1S/C12H17N3O7/c16-6-10(18)12(20)11(19)9(17)5-13-14-7-1-3-8(4-2-7)15(21)22/h1-5,9-12,14,16-20H,6H2/b13-5+/t9-,10-,11-,12-/m1/s1. The molecule has 10 nitrogen and oxygen atoms in total.